The highest BCUT2D eigenvalue weighted by molar-refractivity contribution is 4.67. The molecule has 0 spiro atoms. The van der Waals surface area contributed by atoms with Crippen LogP contribution in [-0.2, 0) is 4.74 Å². The Kier molecular flexibility index (Phi) is 8.55. The first-order chi connectivity index (χ1) is 7.87. The van der Waals surface area contributed by atoms with Gasteiger partial charge in [-0.05, 0) is 26.9 Å². The second-order valence-corrected chi connectivity index (χ2v) is 4.25. The van der Waals surface area contributed by atoms with Gasteiger partial charge in [-0.1, -0.05) is 0 Å². The summed E-state index contributed by atoms with van der Waals surface area (Å²) >= 11 is 0. The van der Waals surface area contributed by atoms with Crippen molar-refractivity contribution < 1.29 is 17.9 Å². The Balaban J connectivity index is 3.57. The first kappa shape index (κ1) is 16.7. The Morgan fingerprint density at radius 1 is 1.35 bits per heavy atom. The second-order valence-electron chi connectivity index (χ2n) is 4.25. The molecule has 1 atom stereocenters. The first-order valence-electron chi connectivity index (χ1n) is 5.83. The van der Waals surface area contributed by atoms with E-state index in [1.165, 1.54) is 0 Å². The number of hydrogen-bond donors (Lipinski definition) is 1. The summed E-state index contributed by atoms with van der Waals surface area (Å²) in [5, 5.41) is 3.20. The van der Waals surface area contributed by atoms with Gasteiger partial charge in [0.05, 0.1) is 6.42 Å². The number of rotatable bonds is 9. The Morgan fingerprint density at radius 3 is 2.53 bits per heavy atom. The topological polar surface area (TPSA) is 24.5 Å². The van der Waals surface area contributed by atoms with Crippen LogP contribution >= 0.6 is 0 Å². The maximum Gasteiger partial charge on any atom is 0.390 e. The van der Waals surface area contributed by atoms with Gasteiger partial charge < -0.3 is 15.0 Å². The lowest BCUT2D eigenvalue weighted by molar-refractivity contribution is -0.138. The number of ether oxygens (including phenoxy) is 1. The minimum atomic E-state index is -4.07. The van der Waals surface area contributed by atoms with Gasteiger partial charge in [-0.15, -0.1) is 0 Å². The fraction of sp³-hybridized carbons (Fsp3) is 1.00. The lowest BCUT2D eigenvalue weighted by Crippen LogP contribution is -2.39. The quantitative estimate of drug-likeness (QED) is 0.638. The monoisotopic (exact) mass is 256 g/mol. The molecule has 0 amide bonds. The number of nitrogens with one attached hydrogen (secondary N) is 1. The molecule has 3 nitrogen and oxygen atoms in total. The fourth-order valence-electron chi connectivity index (χ4n) is 1.33. The standard InChI is InChI=1S/C11H23F3N2O/c1-10(9-15-6-4-8-17-3)16(2)7-5-11(12,13)14/h10,15H,4-9H2,1-3H3. The molecule has 17 heavy (non-hydrogen) atoms. The molecule has 0 fully saturated rings. The summed E-state index contributed by atoms with van der Waals surface area (Å²) in [6.07, 6.45) is -3.91. The van der Waals surface area contributed by atoms with Crippen molar-refractivity contribution in [2.24, 2.45) is 0 Å². The number of methoxy groups -OCH3 is 1. The zero-order chi connectivity index (χ0) is 13.3. The van der Waals surface area contributed by atoms with E-state index < -0.39 is 12.6 Å². The van der Waals surface area contributed by atoms with Crippen molar-refractivity contribution in [2.45, 2.75) is 32.0 Å². The van der Waals surface area contributed by atoms with Gasteiger partial charge in [-0.3, -0.25) is 0 Å². The minimum Gasteiger partial charge on any atom is -0.385 e. The third kappa shape index (κ3) is 10.5. The van der Waals surface area contributed by atoms with Crippen molar-refractivity contribution in [1.82, 2.24) is 10.2 Å². The Bertz CT molecular complexity index is 188. The summed E-state index contributed by atoms with van der Waals surface area (Å²) < 4.78 is 40.9. The Morgan fingerprint density at radius 2 is 2.00 bits per heavy atom. The Hall–Kier alpha value is -0.330. The molecule has 1 N–H and O–H groups in total. The molecule has 104 valence electrons. The molecule has 0 aromatic heterocycles. The summed E-state index contributed by atoms with van der Waals surface area (Å²) in [6.45, 7) is 4.18. The average molecular weight is 256 g/mol. The van der Waals surface area contributed by atoms with Crippen molar-refractivity contribution >= 4 is 0 Å². The van der Waals surface area contributed by atoms with Crippen LogP contribution in [-0.4, -0.2) is 57.5 Å². The van der Waals surface area contributed by atoms with E-state index in [9.17, 15) is 13.2 Å². The van der Waals surface area contributed by atoms with Gasteiger partial charge in [0.1, 0.15) is 0 Å². The minimum absolute atomic E-state index is 0.0460. The second kappa shape index (κ2) is 8.72. The van der Waals surface area contributed by atoms with Crippen LogP contribution in [0.3, 0.4) is 0 Å². The van der Waals surface area contributed by atoms with E-state index in [4.69, 9.17) is 4.74 Å². The van der Waals surface area contributed by atoms with Crippen LogP contribution in [0.1, 0.15) is 19.8 Å². The van der Waals surface area contributed by atoms with Crippen LogP contribution in [0.2, 0.25) is 0 Å². The SMILES string of the molecule is COCCCNCC(C)N(C)CCC(F)(F)F. The average Bonchev–Trinajstić information content (AvgIpc) is 2.24. The number of nitrogens with zero attached hydrogens (tertiary/aromatic N) is 1. The molecular weight excluding hydrogens is 233 g/mol. The van der Waals surface area contributed by atoms with E-state index in [-0.39, 0.29) is 12.6 Å². The van der Waals surface area contributed by atoms with Crippen LogP contribution in [0.15, 0.2) is 0 Å². The molecule has 0 bridgehead atoms. The molecule has 0 radical (unpaired) electrons. The van der Waals surface area contributed by atoms with E-state index in [0.717, 1.165) is 13.0 Å². The molecule has 0 aliphatic carbocycles. The zero-order valence-electron chi connectivity index (χ0n) is 10.8. The molecule has 0 rings (SSSR count). The maximum atomic E-state index is 12.0. The van der Waals surface area contributed by atoms with E-state index >= 15 is 0 Å². The summed E-state index contributed by atoms with van der Waals surface area (Å²) in [7, 11) is 3.36. The summed E-state index contributed by atoms with van der Waals surface area (Å²) in [4.78, 5) is 1.72. The van der Waals surface area contributed by atoms with E-state index in [0.29, 0.717) is 13.2 Å². The normalized spacial score (nSPS) is 14.3. The first-order valence-corrected chi connectivity index (χ1v) is 5.83. The van der Waals surface area contributed by atoms with E-state index in [1.807, 2.05) is 6.92 Å². The van der Waals surface area contributed by atoms with Gasteiger partial charge >= 0.3 is 6.18 Å². The van der Waals surface area contributed by atoms with Crippen molar-refractivity contribution in [3.05, 3.63) is 0 Å². The van der Waals surface area contributed by atoms with Gasteiger partial charge in [0, 0.05) is 32.8 Å². The van der Waals surface area contributed by atoms with Crippen molar-refractivity contribution in [3.63, 3.8) is 0 Å². The van der Waals surface area contributed by atoms with Crippen molar-refractivity contribution in [3.8, 4) is 0 Å². The molecule has 0 aromatic carbocycles. The lowest BCUT2D eigenvalue weighted by Gasteiger charge is -2.25. The molecule has 0 saturated heterocycles. The fourth-order valence-corrected chi connectivity index (χ4v) is 1.33. The molecule has 1 unspecified atom stereocenters. The smallest absolute Gasteiger partial charge is 0.385 e. The van der Waals surface area contributed by atoms with Crippen molar-refractivity contribution in [1.29, 1.82) is 0 Å². The molecule has 0 saturated carbocycles. The highest BCUT2D eigenvalue weighted by atomic mass is 19.4. The summed E-state index contributed by atoms with van der Waals surface area (Å²) in [6, 6.07) is 0.0971. The molecular formula is C11H23F3N2O. The highest BCUT2D eigenvalue weighted by Crippen LogP contribution is 2.19. The number of hydrogen-bond acceptors (Lipinski definition) is 3. The zero-order valence-corrected chi connectivity index (χ0v) is 10.8. The lowest BCUT2D eigenvalue weighted by atomic mass is 10.2. The van der Waals surface area contributed by atoms with Gasteiger partial charge in [-0.25, -0.2) is 0 Å². The summed E-state index contributed by atoms with van der Waals surface area (Å²) in [5.41, 5.74) is 0. The largest absolute Gasteiger partial charge is 0.390 e. The molecule has 0 aliphatic heterocycles. The predicted octanol–water partition coefficient (Wildman–Crippen LogP) is 1.89. The van der Waals surface area contributed by atoms with Crippen LogP contribution in [0, 0.1) is 0 Å². The van der Waals surface area contributed by atoms with Crippen LogP contribution in [0.25, 0.3) is 0 Å². The predicted molar refractivity (Wildman–Crippen MR) is 62.1 cm³/mol. The van der Waals surface area contributed by atoms with Crippen LogP contribution < -0.4 is 5.32 Å². The number of likely N-dealkylation sites (N-methyl/N-ethyl adjacent to an activating group) is 1. The van der Waals surface area contributed by atoms with Crippen LogP contribution in [0.5, 0.6) is 0 Å². The van der Waals surface area contributed by atoms with E-state index in [2.05, 4.69) is 5.32 Å². The molecule has 6 heteroatoms. The summed E-state index contributed by atoms with van der Waals surface area (Å²) in [5.74, 6) is 0. The van der Waals surface area contributed by atoms with Gasteiger partial charge in [-0.2, -0.15) is 13.2 Å². The van der Waals surface area contributed by atoms with Crippen LogP contribution in [0.4, 0.5) is 13.2 Å². The number of alkyl halides is 3. The molecule has 0 heterocycles. The highest BCUT2D eigenvalue weighted by Gasteiger charge is 2.27. The molecule has 0 aliphatic rings. The maximum absolute atomic E-state index is 12.0. The van der Waals surface area contributed by atoms with Gasteiger partial charge in [0.15, 0.2) is 0 Å². The van der Waals surface area contributed by atoms with Gasteiger partial charge in [0.25, 0.3) is 0 Å². The van der Waals surface area contributed by atoms with Crippen molar-refractivity contribution in [2.75, 3.05) is 40.4 Å². The molecule has 0 aromatic rings. The Labute approximate surface area is 101 Å². The van der Waals surface area contributed by atoms with E-state index in [1.54, 1.807) is 19.1 Å². The van der Waals surface area contributed by atoms with Gasteiger partial charge in [0.2, 0.25) is 0 Å². The third-order valence-electron chi connectivity index (χ3n) is 2.64. The number of halogens is 3. The third-order valence-corrected chi connectivity index (χ3v) is 2.64.